The monoisotopic (exact) mass is 186 g/mol. The maximum atomic E-state index is 2.56. The molecule has 0 amide bonds. The quantitative estimate of drug-likeness (QED) is 0.582. The van der Waals surface area contributed by atoms with E-state index in [1.54, 1.807) is 25.7 Å². The van der Waals surface area contributed by atoms with Crippen LogP contribution >= 0.6 is 0 Å². The van der Waals surface area contributed by atoms with E-state index < -0.39 is 7.59 Å². The van der Waals surface area contributed by atoms with Crippen LogP contribution in [0.5, 0.6) is 0 Å². The highest BCUT2D eigenvalue weighted by atomic mass is 29.2. The van der Waals surface area contributed by atoms with E-state index in [9.17, 15) is 0 Å². The van der Waals surface area contributed by atoms with Crippen LogP contribution in [0.15, 0.2) is 0 Å². The fourth-order valence-corrected chi connectivity index (χ4v) is 11.4. The summed E-state index contributed by atoms with van der Waals surface area (Å²) >= 11 is 0. The Kier molecular flexibility index (Phi) is 3.37. The van der Waals surface area contributed by atoms with Crippen LogP contribution in [0.2, 0.25) is 25.2 Å². The lowest BCUT2D eigenvalue weighted by atomic mass is 10.0. The molecule has 0 nitrogen and oxygen atoms in total. The molecule has 0 radical (unpaired) electrons. The molecule has 0 aromatic heterocycles. The third-order valence-corrected chi connectivity index (χ3v) is 10.7. The number of hydrogen-bond donors (Lipinski definition) is 0. The molecular weight excluding hydrogens is 164 g/mol. The second-order valence-electron chi connectivity index (χ2n) is 5.27. The molecular formula is C9H22Si2. The first-order chi connectivity index (χ1) is 5.08. The zero-order valence-electron chi connectivity index (χ0n) is 8.32. The standard InChI is InChI=1S/C9H22Si2/c1-11(2,3)10-9-7-5-4-6-8-9/h9H,4-8,10H2,1-3H3. The Morgan fingerprint density at radius 3 is 2.00 bits per heavy atom. The molecule has 0 aromatic rings. The van der Waals surface area contributed by atoms with Crippen molar-refractivity contribution in [3.05, 3.63) is 0 Å². The minimum Gasteiger partial charge on any atom is -0.0720 e. The van der Waals surface area contributed by atoms with E-state index in [4.69, 9.17) is 0 Å². The third-order valence-electron chi connectivity index (χ3n) is 2.63. The molecule has 1 aliphatic rings. The van der Waals surface area contributed by atoms with Crippen molar-refractivity contribution in [3.8, 4) is 0 Å². The average molecular weight is 186 g/mol. The molecule has 1 saturated carbocycles. The normalized spacial score (nSPS) is 23.2. The lowest BCUT2D eigenvalue weighted by Gasteiger charge is -2.26. The van der Waals surface area contributed by atoms with Gasteiger partial charge in [-0.05, 0) is 0 Å². The molecule has 1 fully saturated rings. The summed E-state index contributed by atoms with van der Waals surface area (Å²) in [6, 6.07) is 0. The zero-order valence-corrected chi connectivity index (χ0v) is 10.7. The highest BCUT2D eigenvalue weighted by molar-refractivity contribution is 7.23. The molecule has 66 valence electrons. The van der Waals surface area contributed by atoms with Crippen molar-refractivity contribution < 1.29 is 0 Å². The van der Waals surface area contributed by atoms with Crippen molar-refractivity contribution in [1.29, 1.82) is 0 Å². The van der Waals surface area contributed by atoms with Gasteiger partial charge in [0.05, 0.1) is 0 Å². The molecule has 0 N–H and O–H groups in total. The van der Waals surface area contributed by atoms with E-state index in [1.807, 2.05) is 0 Å². The van der Waals surface area contributed by atoms with Crippen LogP contribution in [0.3, 0.4) is 0 Å². The molecule has 1 aliphatic carbocycles. The molecule has 0 saturated heterocycles. The molecule has 0 spiro atoms. The van der Waals surface area contributed by atoms with Gasteiger partial charge in [-0.15, -0.1) is 0 Å². The van der Waals surface area contributed by atoms with Crippen molar-refractivity contribution in [2.75, 3.05) is 0 Å². The molecule has 2 heteroatoms. The fraction of sp³-hybridized carbons (Fsp3) is 1.00. The minimum absolute atomic E-state index is 0.343. The highest BCUT2D eigenvalue weighted by Crippen LogP contribution is 2.29. The van der Waals surface area contributed by atoms with Crippen molar-refractivity contribution in [3.63, 3.8) is 0 Å². The smallest absolute Gasteiger partial charge is 0.0313 e. The molecule has 0 bridgehead atoms. The van der Waals surface area contributed by atoms with Crippen LogP contribution < -0.4 is 0 Å². The van der Waals surface area contributed by atoms with Crippen molar-refractivity contribution in [1.82, 2.24) is 0 Å². The van der Waals surface area contributed by atoms with Gasteiger partial charge >= 0.3 is 0 Å². The van der Waals surface area contributed by atoms with Gasteiger partial charge in [-0.1, -0.05) is 57.3 Å². The number of hydrogen-bond acceptors (Lipinski definition) is 0. The molecule has 0 atom stereocenters. The van der Waals surface area contributed by atoms with Crippen molar-refractivity contribution in [2.45, 2.75) is 57.3 Å². The molecule has 1 rings (SSSR count). The van der Waals surface area contributed by atoms with E-state index in [2.05, 4.69) is 19.6 Å². The lowest BCUT2D eigenvalue weighted by Crippen LogP contribution is -2.33. The summed E-state index contributed by atoms with van der Waals surface area (Å²) in [7, 11) is -0.263. The summed E-state index contributed by atoms with van der Waals surface area (Å²) in [5.74, 6) is 0. The fourth-order valence-electron chi connectivity index (χ4n) is 2.26. The molecule has 11 heavy (non-hydrogen) atoms. The van der Waals surface area contributed by atoms with Crippen LogP contribution in [-0.2, 0) is 0 Å². The van der Waals surface area contributed by atoms with Gasteiger partial charge < -0.3 is 0 Å². The Hall–Kier alpha value is 0.434. The van der Waals surface area contributed by atoms with Gasteiger partial charge in [0, 0.05) is 16.6 Å². The Morgan fingerprint density at radius 1 is 1.00 bits per heavy atom. The third kappa shape index (κ3) is 4.11. The lowest BCUT2D eigenvalue weighted by molar-refractivity contribution is 0.502. The van der Waals surface area contributed by atoms with Gasteiger partial charge in [-0.25, -0.2) is 0 Å². The Bertz CT molecular complexity index is 109. The van der Waals surface area contributed by atoms with Gasteiger partial charge in [0.25, 0.3) is 0 Å². The summed E-state index contributed by atoms with van der Waals surface area (Å²) in [4.78, 5) is 0. The maximum absolute atomic E-state index is 2.56. The van der Waals surface area contributed by atoms with Crippen LogP contribution in [-0.4, -0.2) is 16.6 Å². The summed E-state index contributed by atoms with van der Waals surface area (Å²) in [5, 5.41) is 0. The number of rotatable bonds is 2. The van der Waals surface area contributed by atoms with E-state index in [0.29, 0.717) is 9.04 Å². The predicted octanol–water partition coefficient (Wildman–Crippen LogP) is 2.74. The first-order valence-corrected chi connectivity index (χ1v) is 11.7. The van der Waals surface area contributed by atoms with E-state index in [0.717, 1.165) is 0 Å². The molecule has 0 aliphatic heterocycles. The van der Waals surface area contributed by atoms with E-state index in [1.165, 1.54) is 12.0 Å². The Morgan fingerprint density at radius 2 is 1.55 bits per heavy atom. The second-order valence-corrected chi connectivity index (χ2v) is 19.5. The van der Waals surface area contributed by atoms with Crippen molar-refractivity contribution in [2.24, 2.45) is 0 Å². The zero-order chi connectivity index (χ0) is 8.32. The van der Waals surface area contributed by atoms with Gasteiger partial charge in [-0.3, -0.25) is 0 Å². The first kappa shape index (κ1) is 9.52. The van der Waals surface area contributed by atoms with Gasteiger partial charge in [0.15, 0.2) is 0 Å². The molecule has 0 aromatic carbocycles. The van der Waals surface area contributed by atoms with E-state index in [-0.39, 0.29) is 0 Å². The average Bonchev–Trinajstić information content (AvgIpc) is 1.85. The van der Waals surface area contributed by atoms with Gasteiger partial charge in [0.1, 0.15) is 0 Å². The van der Waals surface area contributed by atoms with Crippen LogP contribution in [0, 0.1) is 0 Å². The predicted molar refractivity (Wildman–Crippen MR) is 58.7 cm³/mol. The first-order valence-electron chi connectivity index (χ1n) is 5.08. The largest absolute Gasteiger partial charge is 0.0720 e. The highest BCUT2D eigenvalue weighted by Gasteiger charge is 2.22. The van der Waals surface area contributed by atoms with Crippen molar-refractivity contribution >= 4 is 16.6 Å². The summed E-state index contributed by atoms with van der Waals surface area (Å²) in [5.41, 5.74) is 1.25. The topological polar surface area (TPSA) is 0 Å². The summed E-state index contributed by atoms with van der Waals surface area (Å²) in [6.07, 6.45) is 7.80. The van der Waals surface area contributed by atoms with Crippen LogP contribution in [0.1, 0.15) is 32.1 Å². The van der Waals surface area contributed by atoms with Crippen LogP contribution in [0.4, 0.5) is 0 Å². The summed E-state index contributed by atoms with van der Waals surface area (Å²) in [6.45, 7) is 7.69. The van der Waals surface area contributed by atoms with Crippen LogP contribution in [0.25, 0.3) is 0 Å². The molecule has 0 unspecified atom stereocenters. The van der Waals surface area contributed by atoms with Gasteiger partial charge in [-0.2, -0.15) is 0 Å². The SMILES string of the molecule is C[Si](C)(C)[SiH2]C1CCCCC1. The molecule has 0 heterocycles. The second kappa shape index (κ2) is 3.90. The Balaban J connectivity index is 2.24. The summed E-state index contributed by atoms with van der Waals surface area (Å²) < 4.78 is 0. The maximum Gasteiger partial charge on any atom is 0.0313 e. The minimum atomic E-state index is -0.606. The van der Waals surface area contributed by atoms with E-state index >= 15 is 0 Å². The Labute approximate surface area is 74.4 Å². The van der Waals surface area contributed by atoms with Gasteiger partial charge in [0.2, 0.25) is 0 Å².